The maximum absolute atomic E-state index is 5.44. The average Bonchev–Trinajstić information content (AvgIpc) is 1.63. The molecule has 54 valence electrons. The van der Waals surface area contributed by atoms with Crippen molar-refractivity contribution in [3.8, 4) is 0 Å². The van der Waals surface area contributed by atoms with E-state index in [2.05, 4.69) is 27.6 Å². The van der Waals surface area contributed by atoms with Crippen LogP contribution in [0, 0.1) is 0 Å². The topological polar surface area (TPSA) is 26.0 Å². The van der Waals surface area contributed by atoms with E-state index in [-0.39, 0.29) is 0 Å². The molecule has 0 heterocycles. The average molecular weight is 129 g/mol. The van der Waals surface area contributed by atoms with Crippen LogP contribution in [0.5, 0.6) is 0 Å². The molecule has 0 aliphatic heterocycles. The highest BCUT2D eigenvalue weighted by Crippen LogP contribution is 1.96. The summed E-state index contributed by atoms with van der Waals surface area (Å²) in [5.74, 6) is 0. The fourth-order valence-corrected chi connectivity index (χ4v) is 0.662. The smallest absolute Gasteiger partial charge is 0.118 e. The summed E-state index contributed by atoms with van der Waals surface area (Å²) in [7, 11) is 4.27. The molecule has 0 aromatic carbocycles. The number of hydrogen-bond acceptors (Lipinski definition) is 1. The van der Waals surface area contributed by atoms with Gasteiger partial charge in [0, 0.05) is 0 Å². The first-order valence-corrected chi connectivity index (χ1v) is 3.23. The molecule has 2 heteroatoms. The Hall–Kier alpha value is -0.500. The molecule has 9 heavy (non-hydrogen) atoms. The molecule has 0 atom stereocenters. The van der Waals surface area contributed by atoms with Crippen LogP contribution in [0.3, 0.4) is 0 Å². The van der Waals surface area contributed by atoms with Gasteiger partial charge in [-0.2, -0.15) is 0 Å². The van der Waals surface area contributed by atoms with Gasteiger partial charge in [-0.1, -0.05) is 6.58 Å². The summed E-state index contributed by atoms with van der Waals surface area (Å²) in [6, 6.07) is 0. The first-order valence-electron chi connectivity index (χ1n) is 3.23. The summed E-state index contributed by atoms with van der Waals surface area (Å²) in [5, 5.41) is 0. The Morgan fingerprint density at radius 1 is 1.56 bits per heavy atom. The predicted octanol–water partition coefficient (Wildman–Crippen LogP) is 0.555. The summed E-state index contributed by atoms with van der Waals surface area (Å²) in [6.45, 7) is 7.76. The molecule has 0 bridgehead atoms. The molecular formula is C7H17N2+. The largest absolute Gasteiger partial charge is 0.398 e. The predicted molar refractivity (Wildman–Crippen MR) is 40.8 cm³/mol. The van der Waals surface area contributed by atoms with Crippen molar-refractivity contribution in [2.75, 3.05) is 27.2 Å². The first-order chi connectivity index (χ1) is 3.98. The van der Waals surface area contributed by atoms with Crippen LogP contribution in [0.25, 0.3) is 0 Å². The molecular weight excluding hydrogens is 112 g/mol. The molecule has 0 saturated carbocycles. The van der Waals surface area contributed by atoms with Crippen LogP contribution in [0.15, 0.2) is 12.3 Å². The van der Waals surface area contributed by atoms with E-state index in [9.17, 15) is 0 Å². The Morgan fingerprint density at radius 3 is 2.11 bits per heavy atom. The number of rotatable bonds is 3. The van der Waals surface area contributed by atoms with Crippen molar-refractivity contribution >= 4 is 0 Å². The van der Waals surface area contributed by atoms with Gasteiger partial charge in [-0.25, -0.2) is 0 Å². The molecule has 0 aromatic heterocycles. The monoisotopic (exact) mass is 129 g/mol. The second-order valence-corrected chi connectivity index (χ2v) is 3.07. The van der Waals surface area contributed by atoms with Gasteiger partial charge in [0.15, 0.2) is 0 Å². The molecule has 0 aliphatic rings. The van der Waals surface area contributed by atoms with E-state index in [0.29, 0.717) is 0 Å². The Kier molecular flexibility index (Phi) is 2.71. The van der Waals surface area contributed by atoms with Gasteiger partial charge in [0.25, 0.3) is 0 Å². The van der Waals surface area contributed by atoms with Gasteiger partial charge >= 0.3 is 0 Å². The van der Waals surface area contributed by atoms with Crippen LogP contribution in [0.2, 0.25) is 0 Å². The lowest BCUT2D eigenvalue weighted by Gasteiger charge is -2.27. The Labute approximate surface area is 57.5 Å². The molecule has 0 saturated heterocycles. The van der Waals surface area contributed by atoms with Crippen molar-refractivity contribution < 1.29 is 4.48 Å². The zero-order valence-electron chi connectivity index (χ0n) is 6.65. The lowest BCUT2D eigenvalue weighted by atomic mass is 10.4. The summed E-state index contributed by atoms with van der Waals surface area (Å²) < 4.78 is 0.926. The molecule has 0 rings (SSSR count). The second-order valence-electron chi connectivity index (χ2n) is 3.07. The number of hydrogen-bond donors (Lipinski definition) is 1. The van der Waals surface area contributed by atoms with Crippen LogP contribution in [-0.4, -0.2) is 31.7 Å². The molecule has 0 spiro atoms. The molecule has 0 unspecified atom stereocenters. The summed E-state index contributed by atoms with van der Waals surface area (Å²) in [4.78, 5) is 0. The van der Waals surface area contributed by atoms with E-state index in [1.165, 1.54) is 0 Å². The highest BCUT2D eigenvalue weighted by molar-refractivity contribution is 4.85. The van der Waals surface area contributed by atoms with Crippen molar-refractivity contribution in [1.82, 2.24) is 0 Å². The van der Waals surface area contributed by atoms with E-state index >= 15 is 0 Å². The van der Waals surface area contributed by atoms with Crippen molar-refractivity contribution in [3.05, 3.63) is 12.3 Å². The van der Waals surface area contributed by atoms with Crippen LogP contribution >= 0.6 is 0 Å². The zero-order valence-corrected chi connectivity index (χ0v) is 6.65. The van der Waals surface area contributed by atoms with Crippen LogP contribution < -0.4 is 5.73 Å². The van der Waals surface area contributed by atoms with E-state index < -0.39 is 0 Å². The maximum atomic E-state index is 5.44. The van der Waals surface area contributed by atoms with E-state index in [1.807, 2.05) is 0 Å². The number of quaternary nitrogens is 1. The molecule has 0 fully saturated rings. The Balaban J connectivity index is 3.71. The first kappa shape index (κ1) is 8.50. The number of likely N-dealkylation sites (N-methyl/N-ethyl adjacent to an activating group) is 1. The fourth-order valence-electron chi connectivity index (χ4n) is 0.662. The second kappa shape index (κ2) is 2.87. The molecule has 0 aliphatic carbocycles. The minimum absolute atomic E-state index is 0.766. The lowest BCUT2D eigenvalue weighted by Crippen LogP contribution is -2.41. The Morgan fingerprint density at radius 2 is 2.00 bits per heavy atom. The van der Waals surface area contributed by atoms with E-state index in [0.717, 1.165) is 23.3 Å². The highest BCUT2D eigenvalue weighted by Gasteiger charge is 2.10. The molecule has 0 radical (unpaired) electrons. The van der Waals surface area contributed by atoms with Gasteiger partial charge in [0.1, 0.15) is 6.54 Å². The van der Waals surface area contributed by atoms with Crippen molar-refractivity contribution in [2.24, 2.45) is 5.73 Å². The van der Waals surface area contributed by atoms with Gasteiger partial charge in [0.05, 0.1) is 26.3 Å². The third kappa shape index (κ3) is 4.03. The maximum Gasteiger partial charge on any atom is 0.118 e. The third-order valence-corrected chi connectivity index (χ3v) is 1.49. The third-order valence-electron chi connectivity index (χ3n) is 1.49. The van der Waals surface area contributed by atoms with Gasteiger partial charge in [0.2, 0.25) is 0 Å². The van der Waals surface area contributed by atoms with Crippen LogP contribution in [0.4, 0.5) is 0 Å². The van der Waals surface area contributed by atoms with Crippen molar-refractivity contribution in [1.29, 1.82) is 0 Å². The summed E-state index contributed by atoms with van der Waals surface area (Å²) >= 11 is 0. The lowest BCUT2D eigenvalue weighted by molar-refractivity contribution is -0.883. The fraction of sp³-hybridized carbons (Fsp3) is 0.714. The number of nitrogens with two attached hydrogens (primary N) is 1. The van der Waals surface area contributed by atoms with Crippen LogP contribution in [-0.2, 0) is 0 Å². The normalized spacial score (nSPS) is 11.4. The summed E-state index contributed by atoms with van der Waals surface area (Å²) in [6.07, 6.45) is 0. The minimum atomic E-state index is 0.766. The molecule has 0 amide bonds. The van der Waals surface area contributed by atoms with Crippen molar-refractivity contribution in [3.63, 3.8) is 0 Å². The quantitative estimate of drug-likeness (QED) is 0.553. The van der Waals surface area contributed by atoms with Gasteiger partial charge in [-0.3, -0.25) is 0 Å². The SMILES string of the molecule is C=C(N)C[N+](C)(C)CC. The van der Waals surface area contributed by atoms with Gasteiger partial charge < -0.3 is 10.2 Å². The zero-order chi connectivity index (χ0) is 7.49. The minimum Gasteiger partial charge on any atom is -0.398 e. The van der Waals surface area contributed by atoms with Gasteiger partial charge in [-0.15, -0.1) is 0 Å². The molecule has 2 N–H and O–H groups in total. The Bertz CT molecular complexity index is 105. The summed E-state index contributed by atoms with van der Waals surface area (Å²) in [5.41, 5.74) is 6.21. The highest BCUT2D eigenvalue weighted by atomic mass is 15.3. The standard InChI is InChI=1S/C7H17N2/c1-5-9(3,4)6-7(2)8/h2,5-6,8H2,1,3-4H3/q+1. The van der Waals surface area contributed by atoms with Crippen molar-refractivity contribution in [2.45, 2.75) is 6.92 Å². The van der Waals surface area contributed by atoms with Crippen LogP contribution in [0.1, 0.15) is 6.92 Å². The van der Waals surface area contributed by atoms with Gasteiger partial charge in [-0.05, 0) is 6.92 Å². The van der Waals surface area contributed by atoms with E-state index in [4.69, 9.17) is 5.73 Å². The van der Waals surface area contributed by atoms with E-state index in [1.54, 1.807) is 0 Å². The molecule has 2 nitrogen and oxygen atoms in total. The number of nitrogens with zero attached hydrogens (tertiary/aromatic N) is 1. The molecule has 0 aromatic rings.